The topological polar surface area (TPSA) is 60.4 Å². The highest BCUT2D eigenvalue weighted by Crippen LogP contribution is 2.30. The summed E-state index contributed by atoms with van der Waals surface area (Å²) in [7, 11) is 0. The number of carbonyl (C=O) groups excluding carboxylic acids is 3. The minimum atomic E-state index is -0.781. The Labute approximate surface area is 144 Å². The van der Waals surface area contributed by atoms with Gasteiger partial charge in [-0.15, -0.1) is 13.2 Å². The number of esters is 1. The van der Waals surface area contributed by atoms with E-state index in [1.807, 2.05) is 6.92 Å². The number of ether oxygens (including phenoxy) is 1. The molecule has 1 aliphatic carbocycles. The lowest BCUT2D eigenvalue weighted by Gasteiger charge is -2.24. The standard InChI is InChI=1S/C20H28O4/c1-6-9-14(3)13-17(22)15-10-8-11-16(21)18(15)24-19(23)20(4,5)12-7-2/h6-7,14H,1-2,8-13H2,3-5H3. The first kappa shape index (κ1) is 20.1. The van der Waals surface area contributed by atoms with Crippen molar-refractivity contribution in [3.63, 3.8) is 0 Å². The molecule has 0 amide bonds. The van der Waals surface area contributed by atoms with E-state index in [0.717, 1.165) is 6.42 Å². The van der Waals surface area contributed by atoms with Gasteiger partial charge >= 0.3 is 5.97 Å². The van der Waals surface area contributed by atoms with E-state index in [2.05, 4.69) is 13.2 Å². The maximum atomic E-state index is 12.5. The smallest absolute Gasteiger partial charge is 0.317 e. The third kappa shape index (κ3) is 5.29. The molecule has 1 atom stereocenters. The summed E-state index contributed by atoms with van der Waals surface area (Å²) in [6.45, 7) is 12.7. The van der Waals surface area contributed by atoms with E-state index >= 15 is 0 Å². The molecule has 0 N–H and O–H groups in total. The summed E-state index contributed by atoms with van der Waals surface area (Å²) in [5.74, 6) is -0.768. The van der Waals surface area contributed by atoms with Crippen molar-refractivity contribution >= 4 is 17.5 Å². The summed E-state index contributed by atoms with van der Waals surface area (Å²) in [4.78, 5) is 37.1. The second-order valence-electron chi connectivity index (χ2n) is 7.11. The highest BCUT2D eigenvalue weighted by Gasteiger charge is 2.34. The SMILES string of the molecule is C=CCC(C)CC(=O)C1=C(OC(=O)C(C)(C)CC=C)C(=O)CCC1. The molecule has 0 spiro atoms. The zero-order chi connectivity index (χ0) is 18.3. The van der Waals surface area contributed by atoms with E-state index in [-0.39, 0.29) is 23.2 Å². The van der Waals surface area contributed by atoms with Crippen LogP contribution in [-0.4, -0.2) is 17.5 Å². The average Bonchev–Trinajstić information content (AvgIpc) is 2.49. The fourth-order valence-electron chi connectivity index (χ4n) is 2.69. The van der Waals surface area contributed by atoms with Crippen LogP contribution in [0.3, 0.4) is 0 Å². The van der Waals surface area contributed by atoms with Crippen molar-refractivity contribution in [2.75, 3.05) is 0 Å². The molecule has 0 aromatic heterocycles. The van der Waals surface area contributed by atoms with Crippen molar-refractivity contribution in [1.29, 1.82) is 0 Å². The minimum Gasteiger partial charge on any atom is -0.422 e. The van der Waals surface area contributed by atoms with Gasteiger partial charge in [-0.05, 0) is 45.4 Å². The van der Waals surface area contributed by atoms with Crippen LogP contribution in [0.5, 0.6) is 0 Å². The van der Waals surface area contributed by atoms with Crippen LogP contribution in [0, 0.1) is 11.3 Å². The maximum absolute atomic E-state index is 12.5. The Kier molecular flexibility index (Phi) is 7.33. The lowest BCUT2D eigenvalue weighted by molar-refractivity contribution is -0.152. The zero-order valence-electron chi connectivity index (χ0n) is 15.0. The van der Waals surface area contributed by atoms with Gasteiger partial charge in [-0.25, -0.2) is 0 Å². The number of ketones is 2. The van der Waals surface area contributed by atoms with Crippen LogP contribution in [-0.2, 0) is 19.1 Å². The lowest BCUT2D eigenvalue weighted by atomic mass is 9.88. The van der Waals surface area contributed by atoms with Crippen LogP contribution in [0.1, 0.15) is 59.3 Å². The Morgan fingerprint density at radius 2 is 1.92 bits per heavy atom. The molecule has 0 radical (unpaired) electrons. The Morgan fingerprint density at radius 3 is 2.50 bits per heavy atom. The monoisotopic (exact) mass is 332 g/mol. The average molecular weight is 332 g/mol. The predicted octanol–water partition coefficient (Wildman–Crippen LogP) is 4.31. The summed E-state index contributed by atoms with van der Waals surface area (Å²) in [6.07, 6.45) is 6.32. The second kappa shape index (κ2) is 8.76. The van der Waals surface area contributed by atoms with Crippen LogP contribution >= 0.6 is 0 Å². The van der Waals surface area contributed by atoms with Crippen LogP contribution in [0.25, 0.3) is 0 Å². The van der Waals surface area contributed by atoms with E-state index < -0.39 is 11.4 Å². The summed E-state index contributed by atoms with van der Waals surface area (Å²) >= 11 is 0. The zero-order valence-corrected chi connectivity index (χ0v) is 15.0. The van der Waals surface area contributed by atoms with Crippen molar-refractivity contribution in [3.8, 4) is 0 Å². The first-order chi connectivity index (χ1) is 11.2. The van der Waals surface area contributed by atoms with Crippen LogP contribution < -0.4 is 0 Å². The Hall–Kier alpha value is -1.97. The molecule has 0 aliphatic heterocycles. The van der Waals surface area contributed by atoms with E-state index in [0.29, 0.717) is 37.7 Å². The van der Waals surface area contributed by atoms with Gasteiger partial charge in [0.15, 0.2) is 17.3 Å². The molecular weight excluding hydrogens is 304 g/mol. The number of hydrogen-bond acceptors (Lipinski definition) is 4. The molecular formula is C20H28O4. The van der Waals surface area contributed by atoms with Gasteiger partial charge in [-0.3, -0.25) is 14.4 Å². The molecule has 1 aliphatic rings. The summed E-state index contributed by atoms with van der Waals surface area (Å²) < 4.78 is 5.40. The number of rotatable bonds is 9. The molecule has 0 aromatic carbocycles. The van der Waals surface area contributed by atoms with Gasteiger partial charge < -0.3 is 4.74 Å². The van der Waals surface area contributed by atoms with Crippen LogP contribution in [0.4, 0.5) is 0 Å². The molecule has 0 saturated carbocycles. The van der Waals surface area contributed by atoms with Gasteiger partial charge in [-0.2, -0.15) is 0 Å². The Morgan fingerprint density at radius 1 is 1.25 bits per heavy atom. The Bertz CT molecular complexity index is 566. The molecule has 4 heteroatoms. The maximum Gasteiger partial charge on any atom is 0.317 e. The number of allylic oxidation sites excluding steroid dienone is 4. The summed E-state index contributed by atoms with van der Waals surface area (Å²) in [5, 5.41) is 0. The molecule has 0 heterocycles. The molecule has 24 heavy (non-hydrogen) atoms. The highest BCUT2D eigenvalue weighted by molar-refractivity contribution is 6.07. The van der Waals surface area contributed by atoms with Gasteiger partial charge in [0.2, 0.25) is 0 Å². The van der Waals surface area contributed by atoms with Gasteiger partial charge in [0, 0.05) is 18.4 Å². The third-order valence-electron chi connectivity index (χ3n) is 4.20. The first-order valence-electron chi connectivity index (χ1n) is 8.46. The summed E-state index contributed by atoms with van der Waals surface area (Å²) in [5.41, 5.74) is -0.415. The fraction of sp³-hybridized carbons (Fsp3) is 0.550. The fourth-order valence-corrected chi connectivity index (χ4v) is 2.69. The van der Waals surface area contributed by atoms with Gasteiger partial charge in [0.1, 0.15) is 0 Å². The van der Waals surface area contributed by atoms with Gasteiger partial charge in [-0.1, -0.05) is 19.1 Å². The largest absolute Gasteiger partial charge is 0.422 e. The first-order valence-corrected chi connectivity index (χ1v) is 8.46. The van der Waals surface area contributed by atoms with Gasteiger partial charge in [0.25, 0.3) is 0 Å². The van der Waals surface area contributed by atoms with E-state index in [9.17, 15) is 14.4 Å². The molecule has 132 valence electrons. The van der Waals surface area contributed by atoms with Gasteiger partial charge in [0.05, 0.1) is 5.41 Å². The van der Waals surface area contributed by atoms with E-state index in [4.69, 9.17) is 4.74 Å². The van der Waals surface area contributed by atoms with E-state index in [1.54, 1.807) is 26.0 Å². The molecule has 0 saturated heterocycles. The van der Waals surface area contributed by atoms with E-state index in [1.165, 1.54) is 0 Å². The molecule has 4 nitrogen and oxygen atoms in total. The molecule has 1 rings (SSSR count). The van der Waals surface area contributed by atoms with Crippen molar-refractivity contribution in [2.45, 2.75) is 59.3 Å². The van der Waals surface area contributed by atoms with Crippen molar-refractivity contribution < 1.29 is 19.1 Å². The summed E-state index contributed by atoms with van der Waals surface area (Å²) in [6, 6.07) is 0. The number of hydrogen-bond donors (Lipinski definition) is 0. The Balaban J connectivity index is 3.02. The number of Topliss-reactive ketones (excluding diaryl/α,β-unsaturated/α-hetero) is 2. The second-order valence-corrected chi connectivity index (χ2v) is 7.11. The molecule has 1 unspecified atom stereocenters. The van der Waals surface area contributed by atoms with Crippen molar-refractivity contribution in [3.05, 3.63) is 36.6 Å². The minimum absolute atomic E-state index is 0.0424. The van der Waals surface area contributed by atoms with Crippen molar-refractivity contribution in [2.24, 2.45) is 11.3 Å². The molecule has 0 bridgehead atoms. The van der Waals surface area contributed by atoms with Crippen molar-refractivity contribution in [1.82, 2.24) is 0 Å². The highest BCUT2D eigenvalue weighted by atomic mass is 16.5. The molecule has 0 aromatic rings. The normalized spacial score (nSPS) is 16.5. The van der Waals surface area contributed by atoms with Crippen LogP contribution in [0.2, 0.25) is 0 Å². The third-order valence-corrected chi connectivity index (χ3v) is 4.20. The predicted molar refractivity (Wildman–Crippen MR) is 94.2 cm³/mol. The quantitative estimate of drug-likeness (QED) is 0.466. The molecule has 0 fully saturated rings. The van der Waals surface area contributed by atoms with Crippen LogP contribution in [0.15, 0.2) is 36.6 Å². The number of carbonyl (C=O) groups is 3. The lowest BCUT2D eigenvalue weighted by Crippen LogP contribution is -2.29.